The molecule has 9 heteroatoms. The number of nitrogens with one attached hydrogen (secondary N) is 1. The van der Waals surface area contributed by atoms with E-state index in [9.17, 15) is 14.4 Å². The number of hydrogen-bond donors (Lipinski definition) is 1. The molecular weight excluding hydrogens is 462 g/mol. The lowest BCUT2D eigenvalue weighted by atomic mass is 10.1. The minimum atomic E-state index is -0.970. The van der Waals surface area contributed by atoms with Gasteiger partial charge in [0, 0.05) is 12.2 Å². The smallest absolute Gasteiger partial charge is 0.332 e. The molecule has 1 saturated heterocycles. The average molecular weight is 488 g/mol. The van der Waals surface area contributed by atoms with Gasteiger partial charge in [-0.3, -0.25) is 9.59 Å². The molecule has 4 amide bonds. The van der Waals surface area contributed by atoms with Crippen molar-refractivity contribution < 1.29 is 28.6 Å². The highest BCUT2D eigenvalue weighted by Crippen LogP contribution is 2.34. The molecule has 184 valence electrons. The van der Waals surface area contributed by atoms with Crippen molar-refractivity contribution in [3.8, 4) is 17.2 Å². The van der Waals surface area contributed by atoms with Gasteiger partial charge in [0.25, 0.3) is 5.91 Å². The van der Waals surface area contributed by atoms with E-state index in [1.165, 1.54) is 4.90 Å². The first-order valence-electron chi connectivity index (χ1n) is 11.5. The largest absolute Gasteiger partial charge is 0.497 e. The molecule has 2 heterocycles. The Labute approximate surface area is 208 Å². The van der Waals surface area contributed by atoms with Crippen molar-refractivity contribution in [1.29, 1.82) is 0 Å². The Morgan fingerprint density at radius 2 is 1.72 bits per heavy atom. The van der Waals surface area contributed by atoms with E-state index in [0.717, 1.165) is 16.0 Å². The Kier molecular flexibility index (Phi) is 6.20. The van der Waals surface area contributed by atoms with Gasteiger partial charge in [-0.1, -0.05) is 23.8 Å². The maximum absolute atomic E-state index is 13.5. The van der Waals surface area contributed by atoms with Gasteiger partial charge in [0.15, 0.2) is 11.5 Å². The summed E-state index contributed by atoms with van der Waals surface area (Å²) < 4.78 is 16.0. The van der Waals surface area contributed by atoms with Crippen molar-refractivity contribution in [3.63, 3.8) is 0 Å². The lowest BCUT2D eigenvalue weighted by molar-refractivity contribution is -0.124. The first-order chi connectivity index (χ1) is 17.4. The number of fused-ring (bicyclic) bond motifs is 1. The number of anilines is 2. The number of carbonyl (C=O) groups is 3. The first-order valence-corrected chi connectivity index (χ1v) is 11.5. The third-order valence-corrected chi connectivity index (χ3v) is 6.15. The number of carbonyl (C=O) groups excluding carboxylic acids is 3. The minimum Gasteiger partial charge on any atom is -0.497 e. The topological polar surface area (TPSA) is 97.4 Å². The van der Waals surface area contributed by atoms with Crippen LogP contribution in [-0.2, 0) is 16.1 Å². The standard InChI is InChI=1S/C27H25N3O6/c1-17-3-8-20(9-4-17)30-26(32)22(14-25(31)28-19-6-10-21(34-2)11-7-19)29(27(30)33)15-18-5-12-23-24(13-18)36-16-35-23/h3-13,22H,14-16H2,1-2H3,(H,28,31)/t22-/m0/s1. The second kappa shape index (κ2) is 9.61. The van der Waals surface area contributed by atoms with E-state index in [1.54, 1.807) is 55.6 Å². The lowest BCUT2D eigenvalue weighted by Crippen LogP contribution is -2.37. The molecule has 0 aromatic heterocycles. The van der Waals surface area contributed by atoms with Crippen LogP contribution in [0.25, 0.3) is 0 Å². The highest BCUT2D eigenvalue weighted by atomic mass is 16.7. The van der Waals surface area contributed by atoms with Crippen molar-refractivity contribution in [2.75, 3.05) is 24.1 Å². The molecule has 0 saturated carbocycles. The Bertz CT molecular complexity index is 1310. The van der Waals surface area contributed by atoms with E-state index in [1.807, 2.05) is 25.1 Å². The zero-order valence-electron chi connectivity index (χ0n) is 19.9. The van der Waals surface area contributed by atoms with E-state index >= 15 is 0 Å². The van der Waals surface area contributed by atoms with Crippen molar-refractivity contribution >= 4 is 29.2 Å². The molecule has 2 aliphatic heterocycles. The number of urea groups is 1. The van der Waals surface area contributed by atoms with E-state index < -0.39 is 18.0 Å². The van der Waals surface area contributed by atoms with Gasteiger partial charge in [-0.15, -0.1) is 0 Å². The molecule has 1 N–H and O–H groups in total. The number of hydrogen-bond acceptors (Lipinski definition) is 6. The van der Waals surface area contributed by atoms with Crippen LogP contribution in [-0.4, -0.2) is 42.7 Å². The summed E-state index contributed by atoms with van der Waals surface area (Å²) in [4.78, 5) is 42.5. The summed E-state index contributed by atoms with van der Waals surface area (Å²) >= 11 is 0. The molecule has 3 aromatic carbocycles. The fourth-order valence-electron chi connectivity index (χ4n) is 4.24. The highest BCUT2D eigenvalue weighted by Gasteiger charge is 2.46. The van der Waals surface area contributed by atoms with Crippen LogP contribution in [0.15, 0.2) is 66.7 Å². The zero-order chi connectivity index (χ0) is 25.2. The highest BCUT2D eigenvalue weighted by molar-refractivity contribution is 6.22. The van der Waals surface area contributed by atoms with Crippen LogP contribution in [0, 0.1) is 6.92 Å². The second-order valence-corrected chi connectivity index (χ2v) is 8.60. The van der Waals surface area contributed by atoms with Gasteiger partial charge < -0.3 is 24.4 Å². The zero-order valence-corrected chi connectivity index (χ0v) is 19.9. The fourth-order valence-corrected chi connectivity index (χ4v) is 4.24. The number of ether oxygens (including phenoxy) is 3. The summed E-state index contributed by atoms with van der Waals surface area (Å²) in [6, 6.07) is 17.9. The van der Waals surface area contributed by atoms with Gasteiger partial charge in [-0.05, 0) is 61.0 Å². The number of imide groups is 1. The third-order valence-electron chi connectivity index (χ3n) is 6.15. The fraction of sp³-hybridized carbons (Fsp3) is 0.222. The van der Waals surface area contributed by atoms with Crippen LogP contribution in [0.3, 0.4) is 0 Å². The predicted molar refractivity (Wildman–Crippen MR) is 132 cm³/mol. The summed E-state index contributed by atoms with van der Waals surface area (Å²) in [7, 11) is 1.56. The van der Waals surface area contributed by atoms with Gasteiger partial charge in [0.2, 0.25) is 12.7 Å². The van der Waals surface area contributed by atoms with Gasteiger partial charge in [0.05, 0.1) is 19.2 Å². The van der Waals surface area contributed by atoms with Crippen molar-refractivity contribution in [2.24, 2.45) is 0 Å². The molecule has 1 atom stereocenters. The second-order valence-electron chi connectivity index (χ2n) is 8.60. The molecule has 0 aliphatic carbocycles. The van der Waals surface area contributed by atoms with E-state index in [2.05, 4.69) is 5.32 Å². The van der Waals surface area contributed by atoms with Crippen LogP contribution in [0.5, 0.6) is 17.2 Å². The third kappa shape index (κ3) is 4.55. The molecule has 0 radical (unpaired) electrons. The van der Waals surface area contributed by atoms with E-state index in [0.29, 0.717) is 28.6 Å². The number of benzene rings is 3. The normalized spacial score (nSPS) is 16.4. The Morgan fingerprint density at radius 3 is 2.44 bits per heavy atom. The van der Waals surface area contributed by atoms with Crippen LogP contribution in [0.1, 0.15) is 17.5 Å². The summed E-state index contributed by atoms with van der Waals surface area (Å²) in [5, 5.41) is 2.80. The molecule has 36 heavy (non-hydrogen) atoms. The van der Waals surface area contributed by atoms with Crippen LogP contribution in [0.4, 0.5) is 16.2 Å². The van der Waals surface area contributed by atoms with Crippen LogP contribution < -0.4 is 24.4 Å². The predicted octanol–water partition coefficient (Wildman–Crippen LogP) is 4.10. The maximum atomic E-state index is 13.5. The first kappa shape index (κ1) is 23.2. The van der Waals surface area contributed by atoms with Gasteiger partial charge in [0.1, 0.15) is 11.8 Å². The molecular formula is C27H25N3O6. The minimum absolute atomic E-state index is 0.129. The summed E-state index contributed by atoms with van der Waals surface area (Å²) in [5.41, 5.74) is 2.79. The van der Waals surface area contributed by atoms with Crippen molar-refractivity contribution in [3.05, 3.63) is 77.9 Å². The van der Waals surface area contributed by atoms with Crippen molar-refractivity contribution in [1.82, 2.24) is 4.90 Å². The van der Waals surface area contributed by atoms with Gasteiger partial charge >= 0.3 is 6.03 Å². The summed E-state index contributed by atoms with van der Waals surface area (Å²) in [6.07, 6.45) is -0.191. The average Bonchev–Trinajstić information content (AvgIpc) is 3.43. The molecule has 2 aliphatic rings. The molecule has 5 rings (SSSR count). The molecule has 0 unspecified atom stereocenters. The summed E-state index contributed by atoms with van der Waals surface area (Å²) in [6.45, 7) is 2.19. The molecule has 0 bridgehead atoms. The molecule has 3 aromatic rings. The number of nitrogens with zero attached hydrogens (tertiary/aromatic N) is 2. The number of amides is 4. The monoisotopic (exact) mass is 487 g/mol. The Balaban J connectivity index is 1.40. The molecule has 0 spiro atoms. The number of rotatable bonds is 7. The van der Waals surface area contributed by atoms with E-state index in [4.69, 9.17) is 14.2 Å². The Hall–Kier alpha value is -4.53. The van der Waals surface area contributed by atoms with Crippen LogP contribution >= 0.6 is 0 Å². The molecule has 1 fully saturated rings. The lowest BCUT2D eigenvalue weighted by Gasteiger charge is -2.22. The van der Waals surface area contributed by atoms with Crippen molar-refractivity contribution in [2.45, 2.75) is 25.9 Å². The van der Waals surface area contributed by atoms with Gasteiger partial charge in [-0.2, -0.15) is 0 Å². The molecule has 9 nitrogen and oxygen atoms in total. The van der Waals surface area contributed by atoms with Crippen LogP contribution in [0.2, 0.25) is 0 Å². The maximum Gasteiger partial charge on any atom is 0.332 e. The number of aryl methyl sites for hydroxylation is 1. The number of methoxy groups -OCH3 is 1. The quantitative estimate of drug-likeness (QED) is 0.504. The van der Waals surface area contributed by atoms with Gasteiger partial charge in [-0.25, -0.2) is 9.69 Å². The SMILES string of the molecule is COc1ccc(NC(=O)C[C@H]2C(=O)N(c3ccc(C)cc3)C(=O)N2Cc2ccc3c(c2)OCO3)cc1. The Morgan fingerprint density at radius 1 is 1.00 bits per heavy atom. The van der Waals surface area contributed by atoms with E-state index in [-0.39, 0.29) is 25.7 Å². The summed E-state index contributed by atoms with van der Waals surface area (Å²) in [5.74, 6) is 1.03.